The number of Topliss-reactive ketones (excluding diaryl/α,β-unsaturated/α-hetero) is 1. The monoisotopic (exact) mass is 293 g/mol. The highest BCUT2D eigenvalue weighted by atomic mass is 35.5. The predicted molar refractivity (Wildman–Crippen MR) is 76.9 cm³/mol. The minimum atomic E-state index is -0.463. The molecule has 0 aliphatic carbocycles. The summed E-state index contributed by atoms with van der Waals surface area (Å²) in [6, 6.07) is 8.88. The number of halogens is 2. The van der Waals surface area contributed by atoms with E-state index in [1.165, 1.54) is 25.3 Å². The summed E-state index contributed by atoms with van der Waals surface area (Å²) in [4.78, 5) is 12.2. The molecule has 0 unspecified atom stereocenters. The first kappa shape index (κ1) is 14.3. The van der Waals surface area contributed by atoms with Crippen molar-refractivity contribution in [1.29, 1.82) is 0 Å². The average Bonchev–Trinajstić information content (AvgIpc) is 2.42. The lowest BCUT2D eigenvalue weighted by Crippen LogP contribution is -2.08. The summed E-state index contributed by atoms with van der Waals surface area (Å²) in [5.74, 6) is -0.172. The lowest BCUT2D eigenvalue weighted by atomic mass is 10.0. The summed E-state index contributed by atoms with van der Waals surface area (Å²) in [5.41, 5.74) is 6.69. The second-order valence-corrected chi connectivity index (χ2v) is 4.73. The van der Waals surface area contributed by atoms with Gasteiger partial charge in [0.2, 0.25) is 0 Å². The van der Waals surface area contributed by atoms with E-state index in [1.807, 2.05) is 0 Å². The molecule has 0 saturated heterocycles. The van der Waals surface area contributed by atoms with Gasteiger partial charge < -0.3 is 10.5 Å². The van der Waals surface area contributed by atoms with Crippen LogP contribution in [0.2, 0.25) is 5.02 Å². The molecule has 3 nitrogen and oxygen atoms in total. The SMILES string of the molecule is COc1ccc(C(=O)Cc2cc(Cl)ccc2F)c(N)c1. The second kappa shape index (κ2) is 5.92. The van der Waals surface area contributed by atoms with Crippen LogP contribution >= 0.6 is 11.6 Å². The molecule has 2 rings (SSSR count). The third-order valence-corrected chi connectivity index (χ3v) is 3.15. The summed E-state index contributed by atoms with van der Waals surface area (Å²) >= 11 is 5.80. The van der Waals surface area contributed by atoms with Gasteiger partial charge >= 0.3 is 0 Å². The Kier molecular flexibility index (Phi) is 4.25. The molecule has 0 aromatic heterocycles. The van der Waals surface area contributed by atoms with E-state index in [2.05, 4.69) is 0 Å². The zero-order chi connectivity index (χ0) is 14.7. The molecule has 2 N–H and O–H groups in total. The summed E-state index contributed by atoms with van der Waals surface area (Å²) in [5, 5.41) is 0.386. The fourth-order valence-electron chi connectivity index (χ4n) is 1.87. The Labute approximate surface area is 121 Å². The highest BCUT2D eigenvalue weighted by molar-refractivity contribution is 6.30. The largest absolute Gasteiger partial charge is 0.497 e. The van der Waals surface area contributed by atoms with Gasteiger partial charge in [-0.25, -0.2) is 4.39 Å². The van der Waals surface area contributed by atoms with Crippen LogP contribution in [0.25, 0.3) is 0 Å². The number of benzene rings is 2. The van der Waals surface area contributed by atoms with Crippen molar-refractivity contribution >= 4 is 23.1 Å². The molecule has 0 saturated carbocycles. The number of methoxy groups -OCH3 is 1. The van der Waals surface area contributed by atoms with Gasteiger partial charge in [0.05, 0.1) is 7.11 Å². The Morgan fingerprint density at radius 2 is 2.05 bits per heavy atom. The van der Waals surface area contributed by atoms with Crippen LogP contribution < -0.4 is 10.5 Å². The number of rotatable bonds is 4. The maximum Gasteiger partial charge on any atom is 0.169 e. The van der Waals surface area contributed by atoms with Crippen LogP contribution in [0.3, 0.4) is 0 Å². The van der Waals surface area contributed by atoms with Gasteiger partial charge in [-0.3, -0.25) is 4.79 Å². The number of nitrogens with two attached hydrogens (primary N) is 1. The zero-order valence-corrected chi connectivity index (χ0v) is 11.6. The van der Waals surface area contributed by atoms with Crippen molar-refractivity contribution in [3.05, 3.63) is 58.4 Å². The first-order valence-corrected chi connectivity index (χ1v) is 6.29. The van der Waals surface area contributed by atoms with E-state index in [0.717, 1.165) is 0 Å². The topological polar surface area (TPSA) is 52.3 Å². The van der Waals surface area contributed by atoms with Gasteiger partial charge in [-0.05, 0) is 35.9 Å². The number of carbonyl (C=O) groups is 1. The minimum Gasteiger partial charge on any atom is -0.497 e. The van der Waals surface area contributed by atoms with E-state index in [4.69, 9.17) is 22.1 Å². The maximum absolute atomic E-state index is 13.6. The quantitative estimate of drug-likeness (QED) is 0.693. The number of hydrogen-bond acceptors (Lipinski definition) is 3. The van der Waals surface area contributed by atoms with Crippen LogP contribution in [0.5, 0.6) is 5.75 Å². The van der Waals surface area contributed by atoms with E-state index in [1.54, 1.807) is 18.2 Å². The van der Waals surface area contributed by atoms with Gasteiger partial charge in [-0.15, -0.1) is 0 Å². The molecular weight excluding hydrogens is 281 g/mol. The highest BCUT2D eigenvalue weighted by Gasteiger charge is 2.14. The van der Waals surface area contributed by atoms with Crippen molar-refractivity contribution in [2.45, 2.75) is 6.42 Å². The fourth-order valence-corrected chi connectivity index (χ4v) is 2.06. The zero-order valence-electron chi connectivity index (χ0n) is 10.8. The van der Waals surface area contributed by atoms with E-state index in [0.29, 0.717) is 22.0 Å². The predicted octanol–water partition coefficient (Wildman–Crippen LogP) is 3.50. The molecule has 0 spiro atoms. The van der Waals surface area contributed by atoms with Gasteiger partial charge in [0.1, 0.15) is 11.6 Å². The summed E-state index contributed by atoms with van der Waals surface area (Å²) in [6.45, 7) is 0. The third kappa shape index (κ3) is 3.08. The summed E-state index contributed by atoms with van der Waals surface area (Å²) in [6.07, 6.45) is -0.0943. The Balaban J connectivity index is 2.26. The van der Waals surface area contributed by atoms with Gasteiger partial charge in [0.25, 0.3) is 0 Å². The smallest absolute Gasteiger partial charge is 0.169 e. The van der Waals surface area contributed by atoms with Crippen molar-refractivity contribution in [3.63, 3.8) is 0 Å². The van der Waals surface area contributed by atoms with Gasteiger partial charge in [0, 0.05) is 28.8 Å². The Bertz CT molecular complexity index is 658. The van der Waals surface area contributed by atoms with Crippen LogP contribution in [0.15, 0.2) is 36.4 Å². The highest BCUT2D eigenvalue weighted by Crippen LogP contribution is 2.22. The van der Waals surface area contributed by atoms with E-state index in [-0.39, 0.29) is 17.8 Å². The molecule has 20 heavy (non-hydrogen) atoms. The summed E-state index contributed by atoms with van der Waals surface area (Å²) < 4.78 is 18.6. The van der Waals surface area contributed by atoms with Crippen LogP contribution in [-0.4, -0.2) is 12.9 Å². The lowest BCUT2D eigenvalue weighted by molar-refractivity contribution is 0.0992. The average molecular weight is 294 g/mol. The first-order chi connectivity index (χ1) is 9.51. The molecule has 0 bridgehead atoms. The molecule has 0 heterocycles. The minimum absolute atomic E-state index is 0.0943. The van der Waals surface area contributed by atoms with Crippen molar-refractivity contribution < 1.29 is 13.9 Å². The lowest BCUT2D eigenvalue weighted by Gasteiger charge is -2.08. The molecule has 104 valence electrons. The number of nitrogen functional groups attached to an aromatic ring is 1. The molecule has 2 aromatic rings. The number of ketones is 1. The van der Waals surface area contributed by atoms with Crippen molar-refractivity contribution in [3.8, 4) is 5.75 Å². The van der Waals surface area contributed by atoms with Gasteiger partial charge in [-0.1, -0.05) is 11.6 Å². The van der Waals surface area contributed by atoms with Crippen molar-refractivity contribution in [2.75, 3.05) is 12.8 Å². The number of ether oxygens (including phenoxy) is 1. The molecule has 0 aliphatic rings. The normalized spacial score (nSPS) is 10.3. The molecule has 0 radical (unpaired) electrons. The summed E-state index contributed by atoms with van der Waals surface area (Å²) in [7, 11) is 1.51. The molecule has 2 aromatic carbocycles. The van der Waals surface area contributed by atoms with Crippen LogP contribution in [0.4, 0.5) is 10.1 Å². The molecule has 0 atom stereocenters. The second-order valence-electron chi connectivity index (χ2n) is 4.29. The third-order valence-electron chi connectivity index (χ3n) is 2.92. The number of hydrogen-bond donors (Lipinski definition) is 1. The van der Waals surface area contributed by atoms with Gasteiger partial charge in [-0.2, -0.15) is 0 Å². The molecule has 0 aliphatic heterocycles. The molecule has 0 fully saturated rings. The fraction of sp³-hybridized carbons (Fsp3) is 0.133. The van der Waals surface area contributed by atoms with E-state index < -0.39 is 5.82 Å². The van der Waals surface area contributed by atoms with E-state index in [9.17, 15) is 9.18 Å². The Hall–Kier alpha value is -2.07. The van der Waals surface area contributed by atoms with Crippen LogP contribution in [-0.2, 0) is 6.42 Å². The molecule has 5 heteroatoms. The first-order valence-electron chi connectivity index (χ1n) is 5.92. The number of anilines is 1. The molecule has 0 amide bonds. The Morgan fingerprint density at radius 1 is 1.30 bits per heavy atom. The number of carbonyl (C=O) groups excluding carboxylic acids is 1. The standard InChI is InChI=1S/C15H13ClFNO2/c1-20-11-3-4-12(14(18)8-11)15(19)7-9-6-10(16)2-5-13(9)17/h2-6,8H,7,18H2,1H3. The van der Waals surface area contributed by atoms with Crippen molar-refractivity contribution in [2.24, 2.45) is 0 Å². The van der Waals surface area contributed by atoms with Crippen molar-refractivity contribution in [1.82, 2.24) is 0 Å². The Morgan fingerprint density at radius 3 is 2.70 bits per heavy atom. The maximum atomic E-state index is 13.6. The van der Waals surface area contributed by atoms with Gasteiger partial charge in [0.15, 0.2) is 5.78 Å². The van der Waals surface area contributed by atoms with Crippen LogP contribution in [0.1, 0.15) is 15.9 Å². The molecular formula is C15H13ClFNO2. The van der Waals surface area contributed by atoms with E-state index >= 15 is 0 Å². The van der Waals surface area contributed by atoms with Crippen LogP contribution in [0, 0.1) is 5.82 Å².